The fourth-order valence-electron chi connectivity index (χ4n) is 4.10. The van der Waals surface area contributed by atoms with E-state index in [0.717, 1.165) is 31.4 Å². The van der Waals surface area contributed by atoms with Crippen molar-refractivity contribution in [2.45, 2.75) is 89.9 Å². The average molecular weight is 644 g/mol. The van der Waals surface area contributed by atoms with E-state index in [4.69, 9.17) is 4.84 Å². The van der Waals surface area contributed by atoms with E-state index in [2.05, 4.69) is 10.1 Å². The van der Waals surface area contributed by atoms with E-state index in [9.17, 15) is 9.90 Å². The molecule has 1 saturated heterocycles. The van der Waals surface area contributed by atoms with Crippen LogP contribution in [0.2, 0.25) is 0 Å². The first-order chi connectivity index (χ1) is 14.6. The Bertz CT molecular complexity index is 626. The maximum absolute atomic E-state index is 12.9. The van der Waals surface area contributed by atoms with Crippen LogP contribution in [0.4, 0.5) is 0 Å². The molecule has 0 spiro atoms. The number of nitrogens with zero attached hydrogens (tertiary/aromatic N) is 2. The maximum atomic E-state index is 12.9. The third kappa shape index (κ3) is 11.4. The van der Waals surface area contributed by atoms with E-state index in [1.165, 1.54) is 32.1 Å². The predicted octanol–water partition coefficient (Wildman–Crippen LogP) is 4.97. The van der Waals surface area contributed by atoms with Crippen LogP contribution < -0.4 is 0 Å². The van der Waals surface area contributed by atoms with Crippen molar-refractivity contribution in [3.63, 3.8) is 0 Å². The summed E-state index contributed by atoms with van der Waals surface area (Å²) < 4.78 is 0. The summed E-state index contributed by atoms with van der Waals surface area (Å²) in [6, 6.07) is 9.47. The molecule has 0 aliphatic carbocycles. The number of Topliss-reactive ketones (excluding diaryl/α,β-unsaturated/α-hetero) is 1. The Morgan fingerprint density at radius 3 is 2.39 bits per heavy atom. The molecule has 1 aliphatic rings. The van der Waals surface area contributed by atoms with Gasteiger partial charge in [0.05, 0.1) is 12.1 Å². The largest absolute Gasteiger partial charge is 0.391 e. The molecule has 1 fully saturated rings. The second-order valence-corrected chi connectivity index (χ2v) is 8.72. The summed E-state index contributed by atoms with van der Waals surface area (Å²) in [7, 11) is 1.98. The van der Waals surface area contributed by atoms with Crippen molar-refractivity contribution in [2.24, 2.45) is 11.1 Å². The smallest absolute Gasteiger partial charge is 0.152 e. The number of oxime groups is 1. The fourth-order valence-corrected chi connectivity index (χ4v) is 4.10. The van der Waals surface area contributed by atoms with Gasteiger partial charge in [-0.15, -0.1) is 0 Å². The molecular weight excluding hydrogens is 603 g/mol. The SMILES string of the molecule is C[C@H](C/C=N/OCc1ccccc1)C(O)[C@H]1C(=O)CCCCCCCCCCN1C.[Ac]. The van der Waals surface area contributed by atoms with Gasteiger partial charge in [0.2, 0.25) is 0 Å². The second-order valence-electron chi connectivity index (χ2n) is 8.72. The summed E-state index contributed by atoms with van der Waals surface area (Å²) in [6.07, 6.45) is 11.5. The zero-order valence-electron chi connectivity index (χ0n) is 19.4. The van der Waals surface area contributed by atoms with Crippen LogP contribution in [0, 0.1) is 50.0 Å². The van der Waals surface area contributed by atoms with Gasteiger partial charge < -0.3 is 9.94 Å². The number of hydrogen-bond acceptors (Lipinski definition) is 5. The van der Waals surface area contributed by atoms with Crippen molar-refractivity contribution >= 4 is 12.0 Å². The second kappa shape index (κ2) is 17.2. The minimum Gasteiger partial charge on any atom is -0.391 e. The summed E-state index contributed by atoms with van der Waals surface area (Å²) in [4.78, 5) is 20.4. The molecule has 1 heterocycles. The molecule has 0 saturated carbocycles. The Morgan fingerprint density at radius 1 is 1.10 bits per heavy atom. The van der Waals surface area contributed by atoms with Gasteiger partial charge in [-0.05, 0) is 44.3 Å². The molecule has 2 rings (SSSR count). The number of aliphatic hydroxyl groups excluding tert-OH is 1. The molecule has 171 valence electrons. The number of aliphatic hydroxyl groups is 1. The summed E-state index contributed by atoms with van der Waals surface area (Å²) >= 11 is 0. The van der Waals surface area contributed by atoms with Crippen LogP contribution in [0.5, 0.6) is 0 Å². The van der Waals surface area contributed by atoms with E-state index in [-0.39, 0.29) is 55.8 Å². The van der Waals surface area contributed by atoms with Gasteiger partial charge in [-0.3, -0.25) is 9.69 Å². The van der Waals surface area contributed by atoms with Crippen LogP contribution in [-0.4, -0.2) is 47.7 Å². The van der Waals surface area contributed by atoms with E-state index in [1.807, 2.05) is 44.3 Å². The zero-order chi connectivity index (χ0) is 21.6. The van der Waals surface area contributed by atoms with Gasteiger partial charge in [0.1, 0.15) is 6.61 Å². The van der Waals surface area contributed by atoms with Crippen LogP contribution >= 0.6 is 0 Å². The Balaban J connectivity index is 0.00000480. The van der Waals surface area contributed by atoms with Gasteiger partial charge in [-0.25, -0.2) is 0 Å². The van der Waals surface area contributed by atoms with Crippen LogP contribution in [0.3, 0.4) is 0 Å². The molecule has 0 amide bonds. The van der Waals surface area contributed by atoms with E-state index in [0.29, 0.717) is 19.4 Å². The topological polar surface area (TPSA) is 62.1 Å². The number of likely N-dealkylation sites (N-methyl/N-ethyl adjacent to an activating group) is 1. The molecule has 1 aromatic carbocycles. The Morgan fingerprint density at radius 2 is 1.71 bits per heavy atom. The number of carbonyl (C=O) groups excluding carboxylic acids is 1. The normalized spacial score (nSPS) is 21.9. The summed E-state index contributed by atoms with van der Waals surface area (Å²) in [5.41, 5.74) is 1.07. The Labute approximate surface area is 224 Å². The Kier molecular flexibility index (Phi) is 16.0. The molecule has 1 N–H and O–H groups in total. The number of ketones is 1. The third-order valence-electron chi connectivity index (χ3n) is 6.10. The van der Waals surface area contributed by atoms with Crippen molar-refractivity contribution in [3.05, 3.63) is 35.9 Å². The van der Waals surface area contributed by atoms with Gasteiger partial charge in [-0.1, -0.05) is 80.9 Å². The standard InChI is InChI=1S/C25H40N2O3.Ac/c1-21(17-18-26-30-20-22-14-10-9-11-15-22)25(29)24-23(28)16-12-7-5-3-4-6-8-13-19-27(24)2;/h9-11,14-15,18,21,24-25,29H,3-8,12-13,16-17,19-20H2,1-2H3;/b26-18+;/t21-,24-,25?;/m1./s1. The van der Waals surface area contributed by atoms with Gasteiger partial charge in [0, 0.05) is 56.7 Å². The van der Waals surface area contributed by atoms with Crippen molar-refractivity contribution in [1.29, 1.82) is 0 Å². The molecule has 31 heavy (non-hydrogen) atoms. The van der Waals surface area contributed by atoms with Gasteiger partial charge >= 0.3 is 0 Å². The number of rotatable bonds is 7. The summed E-state index contributed by atoms with van der Waals surface area (Å²) in [6.45, 7) is 3.27. The molecule has 6 heteroatoms. The zero-order valence-corrected chi connectivity index (χ0v) is 24.2. The van der Waals surface area contributed by atoms with Crippen LogP contribution in [0.1, 0.15) is 76.7 Å². The predicted molar refractivity (Wildman–Crippen MR) is 122 cm³/mol. The molecule has 1 aromatic rings. The minimum absolute atomic E-state index is 0. The molecule has 1 unspecified atom stereocenters. The van der Waals surface area contributed by atoms with Crippen LogP contribution in [0.25, 0.3) is 0 Å². The average Bonchev–Trinajstić information content (AvgIpc) is 2.76. The van der Waals surface area contributed by atoms with Crippen molar-refractivity contribution < 1.29 is 58.8 Å². The van der Waals surface area contributed by atoms with Crippen molar-refractivity contribution in [3.8, 4) is 0 Å². The number of benzene rings is 1. The molecular formula is C25H40AcN2O3. The maximum Gasteiger partial charge on any atom is 0.152 e. The van der Waals surface area contributed by atoms with Crippen molar-refractivity contribution in [1.82, 2.24) is 4.90 Å². The third-order valence-corrected chi connectivity index (χ3v) is 6.10. The summed E-state index contributed by atoms with van der Waals surface area (Å²) in [5, 5.41) is 15.0. The van der Waals surface area contributed by atoms with Crippen molar-refractivity contribution in [2.75, 3.05) is 13.6 Å². The van der Waals surface area contributed by atoms with Gasteiger partial charge in [0.15, 0.2) is 5.78 Å². The van der Waals surface area contributed by atoms with E-state index < -0.39 is 12.1 Å². The van der Waals surface area contributed by atoms with Gasteiger partial charge in [-0.2, -0.15) is 0 Å². The first-order valence-corrected chi connectivity index (χ1v) is 11.7. The van der Waals surface area contributed by atoms with E-state index in [1.54, 1.807) is 6.21 Å². The monoisotopic (exact) mass is 643 g/mol. The quantitative estimate of drug-likeness (QED) is 0.337. The fraction of sp³-hybridized carbons (Fsp3) is 0.680. The Hall–Kier alpha value is -0.278. The molecule has 0 aromatic heterocycles. The number of carbonyl (C=O) groups is 1. The number of hydrogen-bond donors (Lipinski definition) is 1. The first-order valence-electron chi connectivity index (χ1n) is 11.7. The van der Waals surface area contributed by atoms with Crippen LogP contribution in [-0.2, 0) is 16.2 Å². The molecule has 1 radical (unpaired) electrons. The van der Waals surface area contributed by atoms with Gasteiger partial charge in [0.25, 0.3) is 0 Å². The molecule has 0 bridgehead atoms. The van der Waals surface area contributed by atoms with Crippen LogP contribution in [0.15, 0.2) is 35.5 Å². The molecule has 3 atom stereocenters. The first kappa shape index (κ1) is 28.8. The van der Waals surface area contributed by atoms with E-state index >= 15 is 0 Å². The molecule has 1 aliphatic heterocycles. The molecule has 5 nitrogen and oxygen atoms in total. The summed E-state index contributed by atoms with van der Waals surface area (Å²) in [5.74, 6) is 0.106. The minimum atomic E-state index is -0.701.